The molecule has 20 heavy (non-hydrogen) atoms. The minimum atomic E-state index is -3.64. The number of benzene rings is 1. The van der Waals surface area contributed by atoms with Crippen LogP contribution in [-0.2, 0) is 16.4 Å². The summed E-state index contributed by atoms with van der Waals surface area (Å²) in [5.41, 5.74) is 6.36. The number of hydrogen-bond donors (Lipinski definition) is 1. The van der Waals surface area contributed by atoms with Crippen molar-refractivity contribution in [3.8, 4) is 0 Å². The first kappa shape index (κ1) is 14.4. The Bertz CT molecular complexity index is 679. The second-order valence-corrected chi connectivity index (χ2v) is 6.36. The van der Waals surface area contributed by atoms with Crippen LogP contribution < -0.4 is 10.6 Å². The van der Waals surface area contributed by atoms with Crippen molar-refractivity contribution >= 4 is 15.7 Å². The van der Waals surface area contributed by atoms with Crippen molar-refractivity contribution in [2.24, 2.45) is 5.73 Å². The molecular weight excluding hydrogens is 276 g/mol. The van der Waals surface area contributed by atoms with Crippen molar-refractivity contribution in [2.75, 3.05) is 19.0 Å². The molecule has 0 radical (unpaired) electrons. The highest BCUT2D eigenvalue weighted by Gasteiger charge is 2.19. The maximum absolute atomic E-state index is 12.4. The van der Waals surface area contributed by atoms with Crippen LogP contribution in [0, 0.1) is 0 Å². The topological polar surface area (TPSA) is 89.2 Å². The Morgan fingerprint density at radius 1 is 1.10 bits per heavy atom. The van der Waals surface area contributed by atoms with Crippen molar-refractivity contribution in [3.05, 3.63) is 42.2 Å². The fourth-order valence-corrected chi connectivity index (χ4v) is 2.72. The van der Waals surface area contributed by atoms with Crippen LogP contribution in [0.1, 0.15) is 5.56 Å². The van der Waals surface area contributed by atoms with Crippen molar-refractivity contribution in [2.45, 2.75) is 16.5 Å². The lowest BCUT2D eigenvalue weighted by molar-refractivity contribution is 0.591. The third-order valence-electron chi connectivity index (χ3n) is 2.82. The van der Waals surface area contributed by atoms with Gasteiger partial charge in [0.2, 0.25) is 9.84 Å². The summed E-state index contributed by atoms with van der Waals surface area (Å²) < 4.78 is 24.7. The number of hydrogen-bond acceptors (Lipinski definition) is 6. The first-order chi connectivity index (χ1) is 9.45. The fourth-order valence-electron chi connectivity index (χ4n) is 1.60. The summed E-state index contributed by atoms with van der Waals surface area (Å²) in [6.07, 6.45) is 2.70. The smallest absolute Gasteiger partial charge is 0.225 e. The molecule has 1 heterocycles. The lowest BCUT2D eigenvalue weighted by Gasteiger charge is -2.10. The summed E-state index contributed by atoms with van der Waals surface area (Å²) in [5.74, 6) is 0.599. The van der Waals surface area contributed by atoms with E-state index >= 15 is 0 Å². The Morgan fingerprint density at radius 2 is 1.75 bits per heavy atom. The molecule has 6 nitrogen and oxygen atoms in total. The van der Waals surface area contributed by atoms with Crippen molar-refractivity contribution in [1.82, 2.24) is 9.97 Å². The highest BCUT2D eigenvalue weighted by atomic mass is 32.2. The van der Waals surface area contributed by atoms with E-state index in [9.17, 15) is 8.42 Å². The predicted octanol–water partition coefficient (Wildman–Crippen LogP) is 0.834. The van der Waals surface area contributed by atoms with E-state index in [0.29, 0.717) is 12.4 Å². The second-order valence-electron chi connectivity index (χ2n) is 4.46. The van der Waals surface area contributed by atoms with Gasteiger partial charge in [-0.3, -0.25) is 0 Å². The zero-order chi connectivity index (χ0) is 14.8. The van der Waals surface area contributed by atoms with Gasteiger partial charge in [0.15, 0.2) is 5.03 Å². The van der Waals surface area contributed by atoms with E-state index in [-0.39, 0.29) is 9.92 Å². The fraction of sp³-hybridized carbons (Fsp3) is 0.231. The van der Waals surface area contributed by atoms with E-state index in [4.69, 9.17) is 5.73 Å². The van der Waals surface area contributed by atoms with Gasteiger partial charge in [-0.1, -0.05) is 12.1 Å². The van der Waals surface area contributed by atoms with Gasteiger partial charge >= 0.3 is 0 Å². The molecular formula is C13H16N4O2S. The number of sulfone groups is 1. The van der Waals surface area contributed by atoms with E-state index in [1.54, 1.807) is 17.0 Å². The molecule has 1 aromatic heterocycles. The van der Waals surface area contributed by atoms with Gasteiger partial charge in [0.25, 0.3) is 0 Å². The monoisotopic (exact) mass is 292 g/mol. The Morgan fingerprint density at radius 3 is 2.20 bits per heavy atom. The Balaban J connectivity index is 2.38. The van der Waals surface area contributed by atoms with Gasteiger partial charge in [-0.2, -0.15) is 0 Å². The molecule has 0 fully saturated rings. The molecule has 7 heteroatoms. The summed E-state index contributed by atoms with van der Waals surface area (Å²) in [6, 6.07) is 6.43. The second kappa shape index (κ2) is 5.56. The standard InChI is InChI=1S/C13H16N4O2S/c1-17(2)12-8-16-13(9-15-12)20(18,19)11-5-3-10(7-14)4-6-11/h3-6,8-9H,7,14H2,1-2H3. The molecule has 0 amide bonds. The minimum absolute atomic E-state index is 0.0661. The van der Waals surface area contributed by atoms with E-state index < -0.39 is 9.84 Å². The molecule has 2 rings (SSSR count). The maximum Gasteiger partial charge on any atom is 0.225 e. The number of nitrogens with zero attached hydrogens (tertiary/aromatic N) is 3. The molecule has 1 aromatic carbocycles. The minimum Gasteiger partial charge on any atom is -0.361 e. The summed E-state index contributed by atoms with van der Waals surface area (Å²) in [7, 11) is -0.0209. The lowest BCUT2D eigenvalue weighted by Crippen LogP contribution is -2.12. The number of nitrogens with two attached hydrogens (primary N) is 1. The molecule has 0 aliphatic heterocycles. The Kier molecular flexibility index (Phi) is 4.01. The van der Waals surface area contributed by atoms with Crippen LogP contribution in [0.4, 0.5) is 5.82 Å². The lowest BCUT2D eigenvalue weighted by atomic mass is 10.2. The molecule has 0 bridgehead atoms. The van der Waals surface area contributed by atoms with Crippen LogP contribution in [-0.4, -0.2) is 32.5 Å². The van der Waals surface area contributed by atoms with Crippen LogP contribution in [0.5, 0.6) is 0 Å². The SMILES string of the molecule is CN(C)c1cnc(S(=O)(=O)c2ccc(CN)cc2)cn1. The van der Waals surface area contributed by atoms with Gasteiger partial charge in [0.05, 0.1) is 17.3 Å². The van der Waals surface area contributed by atoms with Gasteiger partial charge in [-0.05, 0) is 17.7 Å². The first-order valence-corrected chi connectivity index (χ1v) is 7.47. The van der Waals surface area contributed by atoms with Crippen molar-refractivity contribution < 1.29 is 8.42 Å². The van der Waals surface area contributed by atoms with Gasteiger partial charge in [0, 0.05) is 20.6 Å². The van der Waals surface area contributed by atoms with E-state index in [1.165, 1.54) is 24.5 Å². The van der Waals surface area contributed by atoms with Gasteiger partial charge in [0.1, 0.15) is 5.82 Å². The molecule has 2 aromatic rings. The highest BCUT2D eigenvalue weighted by Crippen LogP contribution is 2.19. The van der Waals surface area contributed by atoms with Crippen molar-refractivity contribution in [3.63, 3.8) is 0 Å². The molecule has 0 aliphatic carbocycles. The van der Waals surface area contributed by atoms with E-state index in [1.807, 2.05) is 14.1 Å². The van der Waals surface area contributed by atoms with Gasteiger partial charge in [-0.25, -0.2) is 18.4 Å². The van der Waals surface area contributed by atoms with Crippen LogP contribution >= 0.6 is 0 Å². The van der Waals surface area contributed by atoms with Crippen LogP contribution in [0.3, 0.4) is 0 Å². The van der Waals surface area contributed by atoms with Gasteiger partial charge < -0.3 is 10.6 Å². The summed E-state index contributed by atoms with van der Waals surface area (Å²) in [5, 5.41) is -0.0661. The van der Waals surface area contributed by atoms with Crippen LogP contribution in [0.25, 0.3) is 0 Å². The summed E-state index contributed by atoms with van der Waals surface area (Å²) in [4.78, 5) is 9.97. The average molecular weight is 292 g/mol. The molecule has 2 N–H and O–H groups in total. The van der Waals surface area contributed by atoms with Crippen LogP contribution in [0.2, 0.25) is 0 Å². The number of anilines is 1. The average Bonchev–Trinajstić information content (AvgIpc) is 2.47. The maximum atomic E-state index is 12.4. The largest absolute Gasteiger partial charge is 0.361 e. The zero-order valence-electron chi connectivity index (χ0n) is 11.3. The molecule has 0 unspecified atom stereocenters. The summed E-state index contributed by atoms with van der Waals surface area (Å²) >= 11 is 0. The highest BCUT2D eigenvalue weighted by molar-refractivity contribution is 7.91. The Labute approximate surface area is 118 Å². The third kappa shape index (κ3) is 2.78. The molecule has 0 atom stereocenters. The third-order valence-corrected chi connectivity index (χ3v) is 4.47. The van der Waals surface area contributed by atoms with Crippen molar-refractivity contribution in [1.29, 1.82) is 0 Å². The normalized spacial score (nSPS) is 11.3. The molecule has 0 spiro atoms. The molecule has 106 valence electrons. The Hall–Kier alpha value is -1.99. The van der Waals surface area contributed by atoms with Crippen LogP contribution in [0.15, 0.2) is 46.6 Å². The first-order valence-electron chi connectivity index (χ1n) is 5.98. The van der Waals surface area contributed by atoms with E-state index in [2.05, 4.69) is 9.97 Å². The summed E-state index contributed by atoms with van der Waals surface area (Å²) in [6.45, 7) is 0.373. The van der Waals surface area contributed by atoms with E-state index in [0.717, 1.165) is 5.56 Å². The molecule has 0 saturated carbocycles. The predicted molar refractivity (Wildman–Crippen MR) is 76.1 cm³/mol. The molecule has 0 saturated heterocycles. The quantitative estimate of drug-likeness (QED) is 0.898. The number of aromatic nitrogens is 2. The number of rotatable bonds is 4. The van der Waals surface area contributed by atoms with Gasteiger partial charge in [-0.15, -0.1) is 0 Å². The zero-order valence-corrected chi connectivity index (χ0v) is 12.1. The molecule has 0 aliphatic rings.